The second kappa shape index (κ2) is 8.84. The van der Waals surface area contributed by atoms with Crippen molar-refractivity contribution in [3.05, 3.63) is 35.9 Å². The van der Waals surface area contributed by atoms with Gasteiger partial charge < -0.3 is 14.4 Å². The van der Waals surface area contributed by atoms with Gasteiger partial charge in [0.2, 0.25) is 0 Å². The van der Waals surface area contributed by atoms with E-state index in [2.05, 4.69) is 0 Å². The highest BCUT2D eigenvalue weighted by Crippen LogP contribution is 2.54. The maximum absolute atomic E-state index is 13.1. The lowest BCUT2D eigenvalue weighted by Crippen LogP contribution is -2.51. The molecule has 1 aliphatic heterocycles. The van der Waals surface area contributed by atoms with E-state index in [0.717, 1.165) is 23.8 Å². The first-order chi connectivity index (χ1) is 15.7. The first-order valence-corrected chi connectivity index (χ1v) is 12.7. The van der Waals surface area contributed by atoms with E-state index in [1.807, 2.05) is 51.1 Å². The number of hydrogen-bond donors (Lipinski definition) is 0. The molecule has 1 saturated heterocycles. The van der Waals surface area contributed by atoms with E-state index in [4.69, 9.17) is 9.47 Å². The Morgan fingerprint density at radius 2 is 1.64 bits per heavy atom. The molecule has 6 heteroatoms. The van der Waals surface area contributed by atoms with Gasteiger partial charge >= 0.3 is 12.2 Å². The number of carbonyl (C=O) groups is 2. The van der Waals surface area contributed by atoms with Gasteiger partial charge in [-0.15, -0.1) is 0 Å². The molecule has 0 radical (unpaired) electrons. The van der Waals surface area contributed by atoms with E-state index < -0.39 is 5.60 Å². The van der Waals surface area contributed by atoms with Crippen LogP contribution in [0, 0.1) is 23.7 Å². The highest BCUT2D eigenvalue weighted by atomic mass is 16.6. The Bertz CT molecular complexity index is 837. The first kappa shape index (κ1) is 22.5. The van der Waals surface area contributed by atoms with Crippen LogP contribution in [0.3, 0.4) is 0 Å². The summed E-state index contributed by atoms with van der Waals surface area (Å²) in [6.45, 7) is 7.24. The normalized spacial score (nSPS) is 32.6. The molecule has 6 rings (SSSR count). The van der Waals surface area contributed by atoms with Crippen LogP contribution in [-0.4, -0.2) is 52.8 Å². The maximum atomic E-state index is 13.1. The standard InChI is InChI=1S/C27H38N2O4/c1-27(2,3)33-26(31)29(16-18-7-5-4-6-8-18)23-9-10-28(17-23)25(30)32-24-21-12-19-11-20(14-21)15-22(24)13-19/h4-8,19-24H,9-17H2,1-3H3. The smallest absolute Gasteiger partial charge is 0.410 e. The molecule has 4 saturated carbocycles. The van der Waals surface area contributed by atoms with Gasteiger partial charge in [0.25, 0.3) is 0 Å². The summed E-state index contributed by atoms with van der Waals surface area (Å²) in [6.07, 6.45) is 6.64. The second-order valence-corrected chi connectivity index (χ2v) is 11.8. The van der Waals surface area contributed by atoms with Crippen molar-refractivity contribution in [3.8, 4) is 0 Å². The lowest BCUT2D eigenvalue weighted by atomic mass is 9.55. The van der Waals surface area contributed by atoms with Crippen molar-refractivity contribution in [2.24, 2.45) is 23.7 Å². The van der Waals surface area contributed by atoms with Gasteiger partial charge in [0, 0.05) is 19.6 Å². The Morgan fingerprint density at radius 1 is 1.00 bits per heavy atom. The number of rotatable bonds is 4. The van der Waals surface area contributed by atoms with Crippen LogP contribution < -0.4 is 0 Å². The molecule has 2 amide bonds. The van der Waals surface area contributed by atoms with Gasteiger partial charge in [-0.1, -0.05) is 30.3 Å². The highest BCUT2D eigenvalue weighted by Gasteiger charge is 2.50. The minimum Gasteiger partial charge on any atom is -0.446 e. The van der Waals surface area contributed by atoms with Crippen LogP contribution in [0.2, 0.25) is 0 Å². The Balaban J connectivity index is 1.23. The Morgan fingerprint density at radius 3 is 2.24 bits per heavy atom. The molecule has 0 N–H and O–H groups in total. The second-order valence-electron chi connectivity index (χ2n) is 11.8. The van der Waals surface area contributed by atoms with Gasteiger partial charge in [-0.05, 0) is 88.5 Å². The largest absolute Gasteiger partial charge is 0.446 e. The van der Waals surface area contributed by atoms with Crippen LogP contribution in [0.4, 0.5) is 9.59 Å². The number of amides is 2. The van der Waals surface area contributed by atoms with Crippen LogP contribution in [0.5, 0.6) is 0 Å². The highest BCUT2D eigenvalue weighted by molar-refractivity contribution is 5.70. The molecule has 0 spiro atoms. The SMILES string of the molecule is CC(C)(C)OC(=O)N(Cc1ccccc1)C1CCN(C(=O)OC2C3CC4CC(C3)CC2C4)C1. The molecule has 4 bridgehead atoms. The third kappa shape index (κ3) is 4.99. The molecule has 180 valence electrons. The van der Waals surface area contributed by atoms with Crippen molar-refractivity contribution in [3.63, 3.8) is 0 Å². The summed E-state index contributed by atoms with van der Waals surface area (Å²) in [5, 5.41) is 0. The lowest BCUT2D eigenvalue weighted by Gasteiger charge is -2.53. The molecular formula is C27H38N2O4. The van der Waals surface area contributed by atoms with Crippen molar-refractivity contribution in [2.75, 3.05) is 13.1 Å². The summed E-state index contributed by atoms with van der Waals surface area (Å²) >= 11 is 0. The fourth-order valence-electron chi connectivity index (χ4n) is 6.86. The monoisotopic (exact) mass is 454 g/mol. The van der Waals surface area contributed by atoms with Crippen LogP contribution >= 0.6 is 0 Å². The zero-order valence-electron chi connectivity index (χ0n) is 20.2. The summed E-state index contributed by atoms with van der Waals surface area (Å²) in [5.41, 5.74) is 0.487. The summed E-state index contributed by atoms with van der Waals surface area (Å²) in [6, 6.07) is 9.89. The third-order valence-electron chi connectivity index (χ3n) is 8.06. The Kier molecular flexibility index (Phi) is 6.04. The van der Waals surface area contributed by atoms with Crippen LogP contribution in [0.1, 0.15) is 64.9 Å². The van der Waals surface area contributed by atoms with Gasteiger partial charge in [0.15, 0.2) is 0 Å². The average Bonchev–Trinajstić information content (AvgIpc) is 3.23. The van der Waals surface area contributed by atoms with E-state index in [1.165, 1.54) is 32.1 Å². The van der Waals surface area contributed by atoms with Gasteiger partial charge in [-0.3, -0.25) is 4.90 Å². The summed E-state index contributed by atoms with van der Waals surface area (Å²) in [4.78, 5) is 29.8. The van der Waals surface area contributed by atoms with Gasteiger partial charge in [0.1, 0.15) is 11.7 Å². The number of ether oxygens (including phenoxy) is 2. The number of nitrogens with zero attached hydrogens (tertiary/aromatic N) is 2. The molecule has 5 fully saturated rings. The molecule has 0 aromatic heterocycles. The van der Waals surface area contributed by atoms with Crippen LogP contribution in [0.25, 0.3) is 0 Å². The Labute approximate surface area is 197 Å². The summed E-state index contributed by atoms with van der Waals surface area (Å²) in [5.74, 6) is 2.83. The predicted molar refractivity (Wildman–Crippen MR) is 126 cm³/mol. The number of carbonyl (C=O) groups excluding carboxylic acids is 2. The van der Waals surface area contributed by atoms with E-state index in [-0.39, 0.29) is 24.3 Å². The van der Waals surface area contributed by atoms with E-state index in [1.54, 1.807) is 9.80 Å². The third-order valence-corrected chi connectivity index (χ3v) is 8.06. The molecule has 4 aliphatic carbocycles. The number of benzene rings is 1. The minimum atomic E-state index is -0.567. The Hall–Kier alpha value is -2.24. The zero-order valence-corrected chi connectivity index (χ0v) is 20.2. The molecule has 1 unspecified atom stereocenters. The minimum absolute atomic E-state index is 0.0777. The van der Waals surface area contributed by atoms with Crippen LogP contribution in [-0.2, 0) is 16.0 Å². The topological polar surface area (TPSA) is 59.1 Å². The van der Waals surface area contributed by atoms with Gasteiger partial charge in [-0.2, -0.15) is 0 Å². The predicted octanol–water partition coefficient (Wildman–Crippen LogP) is 5.46. The van der Waals surface area contributed by atoms with Crippen LogP contribution in [0.15, 0.2) is 30.3 Å². The van der Waals surface area contributed by atoms with E-state index >= 15 is 0 Å². The number of likely N-dealkylation sites (tertiary alicyclic amines) is 1. The molecule has 33 heavy (non-hydrogen) atoms. The average molecular weight is 455 g/mol. The van der Waals surface area contributed by atoms with E-state index in [0.29, 0.717) is 31.5 Å². The van der Waals surface area contributed by atoms with Crippen molar-refractivity contribution >= 4 is 12.2 Å². The fourth-order valence-corrected chi connectivity index (χ4v) is 6.86. The summed E-state index contributed by atoms with van der Waals surface area (Å²) in [7, 11) is 0. The lowest BCUT2D eigenvalue weighted by molar-refractivity contribution is -0.102. The van der Waals surface area contributed by atoms with Crippen molar-refractivity contribution in [1.82, 2.24) is 9.80 Å². The van der Waals surface area contributed by atoms with Crippen molar-refractivity contribution in [1.29, 1.82) is 0 Å². The molecule has 1 heterocycles. The quantitative estimate of drug-likeness (QED) is 0.606. The zero-order chi connectivity index (χ0) is 23.2. The van der Waals surface area contributed by atoms with Gasteiger partial charge in [0.05, 0.1) is 6.04 Å². The van der Waals surface area contributed by atoms with Crippen molar-refractivity contribution < 1.29 is 19.1 Å². The fraction of sp³-hybridized carbons (Fsp3) is 0.704. The summed E-state index contributed by atoms with van der Waals surface area (Å²) < 4.78 is 11.9. The molecular weight excluding hydrogens is 416 g/mol. The molecule has 5 aliphatic rings. The first-order valence-electron chi connectivity index (χ1n) is 12.7. The molecule has 1 aromatic rings. The van der Waals surface area contributed by atoms with E-state index in [9.17, 15) is 9.59 Å². The number of hydrogen-bond acceptors (Lipinski definition) is 4. The molecule has 1 atom stereocenters. The molecule has 1 aromatic carbocycles. The van der Waals surface area contributed by atoms with Crippen molar-refractivity contribution in [2.45, 2.75) is 83.6 Å². The molecule has 6 nitrogen and oxygen atoms in total. The maximum Gasteiger partial charge on any atom is 0.410 e. The van der Waals surface area contributed by atoms with Gasteiger partial charge in [-0.25, -0.2) is 9.59 Å².